The number of methoxy groups -OCH3 is 1. The van der Waals surface area contributed by atoms with Gasteiger partial charge in [-0.25, -0.2) is 8.78 Å². The van der Waals surface area contributed by atoms with Gasteiger partial charge in [-0.15, -0.1) is 0 Å². The van der Waals surface area contributed by atoms with Gasteiger partial charge in [0.15, 0.2) is 11.6 Å². The van der Waals surface area contributed by atoms with Crippen molar-refractivity contribution in [3.63, 3.8) is 0 Å². The molecule has 0 aliphatic rings. The highest BCUT2D eigenvalue weighted by Gasteiger charge is 2.01. The molecule has 0 heterocycles. The summed E-state index contributed by atoms with van der Waals surface area (Å²) >= 11 is 0. The van der Waals surface area contributed by atoms with Gasteiger partial charge in [0.1, 0.15) is 5.82 Å². The molecule has 4 heteroatoms. The van der Waals surface area contributed by atoms with Crippen molar-refractivity contribution in [2.75, 3.05) is 14.2 Å². The van der Waals surface area contributed by atoms with Crippen molar-refractivity contribution in [3.05, 3.63) is 29.8 Å². The van der Waals surface area contributed by atoms with E-state index in [1.165, 1.54) is 32.4 Å². The van der Waals surface area contributed by atoms with Crippen LogP contribution in [0.5, 0.6) is 5.75 Å². The predicted molar refractivity (Wildman–Crippen MR) is 71.0 cm³/mol. The lowest BCUT2D eigenvalue weighted by Crippen LogP contribution is -2.23. The van der Waals surface area contributed by atoms with Crippen molar-refractivity contribution in [3.8, 4) is 5.75 Å². The average Bonchev–Trinajstić information content (AvgIpc) is 2.37. The predicted octanol–water partition coefficient (Wildman–Crippen LogP) is 3.76. The molecule has 2 nitrogen and oxygen atoms in total. The zero-order valence-corrected chi connectivity index (χ0v) is 11.6. The molecule has 0 spiro atoms. The van der Waals surface area contributed by atoms with Crippen LogP contribution in [0.2, 0.25) is 0 Å². The Kier molecular flexibility index (Phi) is 9.19. The van der Waals surface area contributed by atoms with Crippen LogP contribution in [0.3, 0.4) is 0 Å². The quantitative estimate of drug-likeness (QED) is 0.869. The number of ether oxygens (including phenoxy) is 1. The summed E-state index contributed by atoms with van der Waals surface area (Å²) in [6.07, 6.45) is 3.86. The van der Waals surface area contributed by atoms with Gasteiger partial charge in [-0.2, -0.15) is 0 Å². The summed E-state index contributed by atoms with van der Waals surface area (Å²) in [5.41, 5.74) is 0. The van der Waals surface area contributed by atoms with Crippen LogP contribution in [0.15, 0.2) is 18.2 Å². The molecule has 0 aliphatic heterocycles. The van der Waals surface area contributed by atoms with Crippen LogP contribution in [0, 0.1) is 11.6 Å². The summed E-state index contributed by atoms with van der Waals surface area (Å²) in [6.45, 7) is 4.44. The molecule has 0 saturated heterocycles. The topological polar surface area (TPSA) is 21.3 Å². The number of hydrogen-bond acceptors (Lipinski definition) is 2. The number of nitrogens with one attached hydrogen (secondary N) is 1. The minimum absolute atomic E-state index is 0.0569. The fraction of sp³-hybridized carbons (Fsp3) is 0.571. The molecule has 0 aliphatic carbocycles. The van der Waals surface area contributed by atoms with E-state index in [1.807, 2.05) is 7.05 Å². The Labute approximate surface area is 108 Å². The Morgan fingerprint density at radius 2 is 1.94 bits per heavy atom. The Morgan fingerprint density at radius 3 is 2.28 bits per heavy atom. The Bertz CT molecular complexity index is 328. The van der Waals surface area contributed by atoms with Gasteiger partial charge in [0.2, 0.25) is 0 Å². The Hall–Kier alpha value is -1.16. The third kappa shape index (κ3) is 6.55. The zero-order chi connectivity index (χ0) is 14.0. The van der Waals surface area contributed by atoms with E-state index in [0.717, 1.165) is 18.2 Å². The molecule has 0 amide bonds. The van der Waals surface area contributed by atoms with Crippen LogP contribution < -0.4 is 10.1 Å². The van der Waals surface area contributed by atoms with Crippen LogP contribution >= 0.6 is 0 Å². The first kappa shape index (κ1) is 16.8. The summed E-state index contributed by atoms with van der Waals surface area (Å²) in [4.78, 5) is 0. The van der Waals surface area contributed by atoms with Crippen molar-refractivity contribution < 1.29 is 13.5 Å². The van der Waals surface area contributed by atoms with Crippen molar-refractivity contribution in [2.24, 2.45) is 0 Å². The second-order valence-corrected chi connectivity index (χ2v) is 3.96. The number of hydrogen-bond donors (Lipinski definition) is 1. The number of rotatable bonds is 5. The van der Waals surface area contributed by atoms with E-state index in [9.17, 15) is 8.78 Å². The average molecular weight is 259 g/mol. The van der Waals surface area contributed by atoms with Crippen LogP contribution in [-0.2, 0) is 0 Å². The van der Waals surface area contributed by atoms with Crippen molar-refractivity contribution in [1.82, 2.24) is 5.32 Å². The molecule has 104 valence electrons. The van der Waals surface area contributed by atoms with E-state index >= 15 is 0 Å². The Morgan fingerprint density at radius 1 is 1.28 bits per heavy atom. The highest BCUT2D eigenvalue weighted by molar-refractivity contribution is 5.24. The maximum Gasteiger partial charge on any atom is 0.167 e. The van der Waals surface area contributed by atoms with Crippen LogP contribution in [0.4, 0.5) is 8.78 Å². The molecule has 1 aromatic carbocycles. The van der Waals surface area contributed by atoms with Crippen molar-refractivity contribution in [1.29, 1.82) is 0 Å². The molecule has 0 radical (unpaired) electrons. The van der Waals surface area contributed by atoms with E-state index in [0.29, 0.717) is 0 Å². The fourth-order valence-electron chi connectivity index (χ4n) is 1.54. The molecule has 1 N–H and O–H groups in total. The molecule has 18 heavy (non-hydrogen) atoms. The first-order valence-corrected chi connectivity index (χ1v) is 6.25. The highest BCUT2D eigenvalue weighted by Crippen LogP contribution is 2.16. The van der Waals surface area contributed by atoms with Gasteiger partial charge in [-0.1, -0.05) is 20.3 Å². The van der Waals surface area contributed by atoms with Gasteiger partial charge in [0.25, 0.3) is 0 Å². The van der Waals surface area contributed by atoms with E-state index in [-0.39, 0.29) is 5.75 Å². The number of benzene rings is 1. The largest absolute Gasteiger partial charge is 0.494 e. The van der Waals surface area contributed by atoms with Gasteiger partial charge in [-0.05, 0) is 32.0 Å². The van der Waals surface area contributed by atoms with E-state index < -0.39 is 11.6 Å². The summed E-state index contributed by atoms with van der Waals surface area (Å²) in [6, 6.07) is 3.91. The van der Waals surface area contributed by atoms with E-state index in [1.54, 1.807) is 0 Å². The van der Waals surface area contributed by atoms with Crippen molar-refractivity contribution >= 4 is 0 Å². The van der Waals surface area contributed by atoms with Gasteiger partial charge < -0.3 is 10.1 Å². The standard InChI is InChI=1S/C7H6F2O.C7H17N/c1-10-7-3-2-5(8)4-6(7)9;1-4-6-7(5-2)8-3/h2-4H,1H3;7-8H,4-6H2,1-3H3. The van der Waals surface area contributed by atoms with Gasteiger partial charge in [-0.3, -0.25) is 0 Å². The first-order chi connectivity index (χ1) is 8.58. The molecule has 0 fully saturated rings. The van der Waals surface area contributed by atoms with Crippen LogP contribution in [0.1, 0.15) is 33.1 Å². The lowest BCUT2D eigenvalue weighted by Gasteiger charge is -2.10. The number of halogens is 2. The molecule has 0 bridgehead atoms. The zero-order valence-electron chi connectivity index (χ0n) is 11.6. The van der Waals surface area contributed by atoms with E-state index in [4.69, 9.17) is 0 Å². The van der Waals surface area contributed by atoms with E-state index in [2.05, 4.69) is 23.9 Å². The summed E-state index contributed by atoms with van der Waals surface area (Å²) in [5.74, 6) is -1.22. The minimum Gasteiger partial charge on any atom is -0.494 e. The molecule has 1 unspecified atom stereocenters. The molecular formula is C14H23F2NO. The summed E-state index contributed by atoms with van der Waals surface area (Å²) in [5, 5.41) is 3.25. The lowest BCUT2D eigenvalue weighted by molar-refractivity contribution is 0.384. The second kappa shape index (κ2) is 9.83. The Balaban J connectivity index is 0.000000331. The molecule has 1 atom stereocenters. The smallest absolute Gasteiger partial charge is 0.167 e. The first-order valence-electron chi connectivity index (χ1n) is 6.25. The van der Waals surface area contributed by atoms with Crippen LogP contribution in [0.25, 0.3) is 0 Å². The van der Waals surface area contributed by atoms with Crippen LogP contribution in [-0.4, -0.2) is 20.2 Å². The molecule has 1 rings (SSSR count). The maximum atomic E-state index is 12.5. The molecule has 0 aromatic heterocycles. The minimum atomic E-state index is -0.678. The van der Waals surface area contributed by atoms with Crippen molar-refractivity contribution in [2.45, 2.75) is 39.2 Å². The summed E-state index contributed by atoms with van der Waals surface area (Å²) in [7, 11) is 3.36. The third-order valence-corrected chi connectivity index (χ3v) is 2.65. The SMILES string of the molecule is CCCC(CC)NC.COc1ccc(F)cc1F. The maximum absolute atomic E-state index is 12.5. The normalized spacial score (nSPS) is 11.4. The fourth-order valence-corrected chi connectivity index (χ4v) is 1.54. The van der Waals surface area contributed by atoms with Gasteiger partial charge >= 0.3 is 0 Å². The lowest BCUT2D eigenvalue weighted by atomic mass is 10.1. The van der Waals surface area contributed by atoms with Gasteiger partial charge in [0, 0.05) is 12.1 Å². The molecular weight excluding hydrogens is 236 g/mol. The monoisotopic (exact) mass is 259 g/mol. The molecule has 0 saturated carbocycles. The summed E-state index contributed by atoms with van der Waals surface area (Å²) < 4.78 is 29.2. The molecule has 1 aromatic rings. The third-order valence-electron chi connectivity index (χ3n) is 2.65. The van der Waals surface area contributed by atoms with Gasteiger partial charge in [0.05, 0.1) is 7.11 Å². The highest BCUT2D eigenvalue weighted by atomic mass is 19.1. The second-order valence-electron chi connectivity index (χ2n) is 3.96.